The second-order valence-corrected chi connectivity index (χ2v) is 4.38. The van der Waals surface area contributed by atoms with Gasteiger partial charge >= 0.3 is 0 Å². The SMILES string of the molecule is N#Cc1cc(F)ccc1-n1c(CCl)nc2cccnc21. The van der Waals surface area contributed by atoms with E-state index in [4.69, 9.17) is 11.6 Å². The van der Waals surface area contributed by atoms with E-state index in [0.717, 1.165) is 0 Å². The van der Waals surface area contributed by atoms with E-state index in [0.29, 0.717) is 22.7 Å². The molecule has 2 heterocycles. The van der Waals surface area contributed by atoms with Crippen molar-refractivity contribution >= 4 is 22.8 Å². The number of halogens is 2. The molecule has 0 N–H and O–H groups in total. The second-order valence-electron chi connectivity index (χ2n) is 4.12. The van der Waals surface area contributed by atoms with E-state index in [-0.39, 0.29) is 11.4 Å². The van der Waals surface area contributed by atoms with Crippen LogP contribution in [0.1, 0.15) is 11.4 Å². The first-order chi connectivity index (χ1) is 9.74. The van der Waals surface area contributed by atoms with Crippen molar-refractivity contribution in [3.05, 3.63) is 53.7 Å². The first-order valence-electron chi connectivity index (χ1n) is 5.83. The van der Waals surface area contributed by atoms with Gasteiger partial charge in [0.2, 0.25) is 0 Å². The minimum Gasteiger partial charge on any atom is -0.278 e. The zero-order valence-electron chi connectivity index (χ0n) is 10.2. The first kappa shape index (κ1) is 12.6. The number of alkyl halides is 1. The van der Waals surface area contributed by atoms with Crippen LogP contribution in [0.4, 0.5) is 4.39 Å². The van der Waals surface area contributed by atoms with E-state index >= 15 is 0 Å². The van der Waals surface area contributed by atoms with E-state index < -0.39 is 5.82 Å². The molecule has 3 rings (SSSR count). The van der Waals surface area contributed by atoms with Crippen LogP contribution in [0.15, 0.2) is 36.5 Å². The number of nitriles is 1. The van der Waals surface area contributed by atoms with Crippen LogP contribution >= 0.6 is 11.6 Å². The maximum absolute atomic E-state index is 13.3. The summed E-state index contributed by atoms with van der Waals surface area (Å²) in [7, 11) is 0. The van der Waals surface area contributed by atoms with Crippen molar-refractivity contribution in [2.45, 2.75) is 5.88 Å². The van der Waals surface area contributed by atoms with Crippen LogP contribution in [0.5, 0.6) is 0 Å². The van der Waals surface area contributed by atoms with E-state index in [9.17, 15) is 9.65 Å². The molecule has 0 fully saturated rings. The van der Waals surface area contributed by atoms with Gasteiger partial charge in [-0.15, -0.1) is 11.6 Å². The third kappa shape index (κ3) is 1.91. The van der Waals surface area contributed by atoms with Gasteiger partial charge in [-0.25, -0.2) is 14.4 Å². The molecular weight excluding hydrogens is 279 g/mol. The van der Waals surface area contributed by atoms with Crippen molar-refractivity contribution in [1.82, 2.24) is 14.5 Å². The van der Waals surface area contributed by atoms with Gasteiger partial charge in [-0.2, -0.15) is 5.26 Å². The maximum atomic E-state index is 13.3. The average Bonchev–Trinajstić information content (AvgIpc) is 2.85. The van der Waals surface area contributed by atoms with Crippen LogP contribution in [0.3, 0.4) is 0 Å². The summed E-state index contributed by atoms with van der Waals surface area (Å²) in [6, 6.07) is 9.57. The molecule has 0 aliphatic carbocycles. The number of aromatic nitrogens is 3. The lowest BCUT2D eigenvalue weighted by Crippen LogP contribution is -2.03. The molecule has 0 unspecified atom stereocenters. The number of nitrogens with zero attached hydrogens (tertiary/aromatic N) is 4. The Kier molecular flexibility index (Phi) is 3.09. The smallest absolute Gasteiger partial charge is 0.164 e. The number of imidazole rings is 1. The number of benzene rings is 1. The molecule has 98 valence electrons. The molecule has 6 heteroatoms. The molecule has 0 radical (unpaired) electrons. The molecule has 4 nitrogen and oxygen atoms in total. The van der Waals surface area contributed by atoms with Gasteiger partial charge in [-0.05, 0) is 30.3 Å². The normalized spacial score (nSPS) is 10.7. The van der Waals surface area contributed by atoms with Gasteiger partial charge in [0, 0.05) is 6.20 Å². The largest absolute Gasteiger partial charge is 0.278 e. The number of pyridine rings is 1. The molecule has 2 aromatic heterocycles. The number of hydrogen-bond donors (Lipinski definition) is 0. The average molecular weight is 287 g/mol. The van der Waals surface area contributed by atoms with Gasteiger partial charge in [0.15, 0.2) is 5.65 Å². The monoisotopic (exact) mass is 286 g/mol. The molecule has 0 atom stereocenters. The summed E-state index contributed by atoms with van der Waals surface area (Å²) in [5.41, 5.74) is 2.00. The minimum atomic E-state index is -0.463. The standard InChI is InChI=1S/C14H8ClFN4/c15-7-13-19-11-2-1-5-18-14(11)20(13)12-4-3-10(16)6-9(12)8-17/h1-6H,7H2. The topological polar surface area (TPSA) is 54.5 Å². The van der Waals surface area contributed by atoms with Crippen LogP contribution < -0.4 is 0 Å². The van der Waals surface area contributed by atoms with E-state index in [1.807, 2.05) is 12.1 Å². The van der Waals surface area contributed by atoms with Crippen LogP contribution in [0.2, 0.25) is 0 Å². The number of fused-ring (bicyclic) bond motifs is 1. The Morgan fingerprint density at radius 1 is 1.35 bits per heavy atom. The summed E-state index contributed by atoms with van der Waals surface area (Å²) < 4.78 is 14.9. The lowest BCUT2D eigenvalue weighted by molar-refractivity contribution is 0.627. The predicted octanol–water partition coefficient (Wildman–Crippen LogP) is 3.17. The van der Waals surface area contributed by atoms with Crippen molar-refractivity contribution in [2.75, 3.05) is 0 Å². The third-order valence-electron chi connectivity index (χ3n) is 2.92. The molecule has 20 heavy (non-hydrogen) atoms. The minimum absolute atomic E-state index is 0.165. The van der Waals surface area contributed by atoms with Gasteiger partial charge in [0.25, 0.3) is 0 Å². The zero-order valence-corrected chi connectivity index (χ0v) is 11.0. The van der Waals surface area contributed by atoms with Crippen molar-refractivity contribution in [3.63, 3.8) is 0 Å². The molecule has 0 spiro atoms. The summed E-state index contributed by atoms with van der Waals surface area (Å²) in [5.74, 6) is 0.261. The molecule has 3 aromatic rings. The Labute approximate surface area is 119 Å². The number of rotatable bonds is 2. The summed E-state index contributed by atoms with van der Waals surface area (Å²) in [4.78, 5) is 8.63. The van der Waals surface area contributed by atoms with Gasteiger partial charge < -0.3 is 0 Å². The van der Waals surface area contributed by atoms with E-state index in [2.05, 4.69) is 9.97 Å². The van der Waals surface area contributed by atoms with Crippen molar-refractivity contribution in [2.24, 2.45) is 0 Å². The molecule has 0 aliphatic heterocycles. The molecular formula is C14H8ClFN4. The molecule has 0 bridgehead atoms. The van der Waals surface area contributed by atoms with Gasteiger partial charge in [0.05, 0.1) is 17.1 Å². The Hall–Kier alpha value is -2.45. The fourth-order valence-electron chi connectivity index (χ4n) is 2.09. The summed E-state index contributed by atoms with van der Waals surface area (Å²) in [5, 5.41) is 9.17. The highest BCUT2D eigenvalue weighted by Crippen LogP contribution is 2.24. The molecule has 0 amide bonds. The van der Waals surface area contributed by atoms with E-state index in [1.165, 1.54) is 18.2 Å². The maximum Gasteiger partial charge on any atom is 0.164 e. The molecule has 0 aliphatic rings. The summed E-state index contributed by atoms with van der Waals surface area (Å²) in [6.45, 7) is 0. The Morgan fingerprint density at radius 3 is 2.95 bits per heavy atom. The Morgan fingerprint density at radius 2 is 2.20 bits per heavy atom. The van der Waals surface area contributed by atoms with Crippen molar-refractivity contribution < 1.29 is 4.39 Å². The zero-order chi connectivity index (χ0) is 14.1. The van der Waals surface area contributed by atoms with Crippen LogP contribution in [-0.2, 0) is 5.88 Å². The second kappa shape index (κ2) is 4.91. The fourth-order valence-corrected chi connectivity index (χ4v) is 2.27. The molecule has 1 aromatic carbocycles. The number of hydrogen-bond acceptors (Lipinski definition) is 3. The Balaban J connectivity index is 2.37. The molecule has 0 saturated heterocycles. The summed E-state index contributed by atoms with van der Waals surface area (Å²) in [6.07, 6.45) is 1.63. The van der Waals surface area contributed by atoms with Crippen LogP contribution in [0.25, 0.3) is 16.9 Å². The highest BCUT2D eigenvalue weighted by molar-refractivity contribution is 6.16. The lowest BCUT2D eigenvalue weighted by Gasteiger charge is -2.08. The summed E-state index contributed by atoms with van der Waals surface area (Å²) >= 11 is 5.91. The van der Waals surface area contributed by atoms with Gasteiger partial charge in [-0.1, -0.05) is 0 Å². The predicted molar refractivity (Wildman–Crippen MR) is 73.1 cm³/mol. The quantitative estimate of drug-likeness (QED) is 0.680. The third-order valence-corrected chi connectivity index (χ3v) is 3.16. The van der Waals surface area contributed by atoms with E-state index in [1.54, 1.807) is 16.8 Å². The van der Waals surface area contributed by atoms with Gasteiger partial charge in [-0.3, -0.25) is 4.57 Å². The van der Waals surface area contributed by atoms with Crippen LogP contribution in [0, 0.1) is 17.1 Å². The molecule has 0 saturated carbocycles. The van der Waals surface area contributed by atoms with Crippen molar-refractivity contribution in [3.8, 4) is 11.8 Å². The Bertz CT molecular complexity index is 835. The first-order valence-corrected chi connectivity index (χ1v) is 6.36. The van der Waals surface area contributed by atoms with Crippen molar-refractivity contribution in [1.29, 1.82) is 5.26 Å². The highest BCUT2D eigenvalue weighted by Gasteiger charge is 2.15. The highest BCUT2D eigenvalue weighted by atomic mass is 35.5. The van der Waals surface area contributed by atoms with Gasteiger partial charge in [0.1, 0.15) is 23.2 Å². The van der Waals surface area contributed by atoms with Crippen LogP contribution in [-0.4, -0.2) is 14.5 Å². The fraction of sp³-hybridized carbons (Fsp3) is 0.0714. The lowest BCUT2D eigenvalue weighted by atomic mass is 10.2.